The molecule has 1 aliphatic heterocycles. The van der Waals surface area contributed by atoms with Gasteiger partial charge in [-0.25, -0.2) is 0 Å². The molecule has 1 saturated heterocycles. The van der Waals surface area contributed by atoms with Gasteiger partial charge in [0.15, 0.2) is 0 Å². The SMILES string of the molecule is c1cnnc(CNCN2CCCCC2)c1. The average Bonchev–Trinajstić information content (AvgIpc) is 2.32. The van der Waals surface area contributed by atoms with Crippen molar-refractivity contribution in [3.8, 4) is 0 Å². The lowest BCUT2D eigenvalue weighted by Gasteiger charge is -2.26. The molecule has 4 nitrogen and oxygen atoms in total. The molecule has 2 heterocycles. The van der Waals surface area contributed by atoms with E-state index in [0.717, 1.165) is 18.9 Å². The predicted octanol–water partition coefficient (Wildman–Crippen LogP) is 1.01. The van der Waals surface area contributed by atoms with Gasteiger partial charge in [0.25, 0.3) is 0 Å². The first-order valence-corrected chi connectivity index (χ1v) is 5.65. The number of piperidine rings is 1. The lowest BCUT2D eigenvalue weighted by atomic mass is 10.1. The van der Waals surface area contributed by atoms with Gasteiger partial charge in [0.05, 0.1) is 5.69 Å². The van der Waals surface area contributed by atoms with Crippen LogP contribution in [-0.4, -0.2) is 34.9 Å². The Kier molecular flexibility index (Phi) is 4.05. The van der Waals surface area contributed by atoms with Crippen molar-refractivity contribution in [2.75, 3.05) is 19.8 Å². The van der Waals surface area contributed by atoms with Crippen molar-refractivity contribution in [2.24, 2.45) is 0 Å². The summed E-state index contributed by atoms with van der Waals surface area (Å²) in [5, 5.41) is 11.3. The maximum atomic E-state index is 4.03. The molecule has 82 valence electrons. The molecule has 1 aromatic rings. The summed E-state index contributed by atoms with van der Waals surface area (Å²) < 4.78 is 0. The van der Waals surface area contributed by atoms with Gasteiger partial charge >= 0.3 is 0 Å². The second kappa shape index (κ2) is 5.78. The minimum Gasteiger partial charge on any atom is -0.299 e. The van der Waals surface area contributed by atoms with E-state index in [9.17, 15) is 0 Å². The van der Waals surface area contributed by atoms with Crippen molar-refractivity contribution in [1.82, 2.24) is 20.4 Å². The molecule has 0 aromatic carbocycles. The molecular formula is C11H18N4. The van der Waals surface area contributed by atoms with E-state index in [4.69, 9.17) is 0 Å². The number of aromatic nitrogens is 2. The fourth-order valence-corrected chi connectivity index (χ4v) is 1.89. The Morgan fingerprint density at radius 1 is 1.27 bits per heavy atom. The van der Waals surface area contributed by atoms with Crippen molar-refractivity contribution in [2.45, 2.75) is 25.8 Å². The molecule has 0 atom stereocenters. The molecule has 2 rings (SSSR count). The van der Waals surface area contributed by atoms with E-state index in [1.165, 1.54) is 32.4 Å². The summed E-state index contributed by atoms with van der Waals surface area (Å²) in [6, 6.07) is 3.92. The zero-order chi connectivity index (χ0) is 10.3. The summed E-state index contributed by atoms with van der Waals surface area (Å²) in [4.78, 5) is 2.46. The maximum absolute atomic E-state index is 4.03. The van der Waals surface area contributed by atoms with Crippen LogP contribution in [-0.2, 0) is 6.54 Å². The fraction of sp³-hybridized carbons (Fsp3) is 0.636. The second-order valence-corrected chi connectivity index (χ2v) is 3.98. The van der Waals surface area contributed by atoms with Gasteiger partial charge in [0, 0.05) is 19.4 Å². The van der Waals surface area contributed by atoms with E-state index >= 15 is 0 Å². The second-order valence-electron chi connectivity index (χ2n) is 3.98. The lowest BCUT2D eigenvalue weighted by molar-refractivity contribution is 0.211. The van der Waals surface area contributed by atoms with E-state index in [2.05, 4.69) is 20.4 Å². The normalized spacial score (nSPS) is 17.9. The lowest BCUT2D eigenvalue weighted by Crippen LogP contribution is -2.37. The number of rotatable bonds is 4. The molecular weight excluding hydrogens is 188 g/mol. The van der Waals surface area contributed by atoms with Crippen LogP contribution in [0.1, 0.15) is 25.0 Å². The van der Waals surface area contributed by atoms with Crippen LogP contribution in [0.2, 0.25) is 0 Å². The molecule has 0 radical (unpaired) electrons. The summed E-state index contributed by atoms with van der Waals surface area (Å²) in [7, 11) is 0. The van der Waals surface area contributed by atoms with Gasteiger partial charge < -0.3 is 0 Å². The van der Waals surface area contributed by atoms with Crippen molar-refractivity contribution >= 4 is 0 Å². The molecule has 0 aliphatic carbocycles. The zero-order valence-electron chi connectivity index (χ0n) is 9.02. The summed E-state index contributed by atoms with van der Waals surface area (Å²) >= 11 is 0. The number of nitrogens with one attached hydrogen (secondary N) is 1. The molecule has 1 N–H and O–H groups in total. The maximum Gasteiger partial charge on any atom is 0.0769 e. The van der Waals surface area contributed by atoms with Gasteiger partial charge in [-0.3, -0.25) is 10.2 Å². The first-order valence-electron chi connectivity index (χ1n) is 5.65. The Morgan fingerprint density at radius 2 is 2.13 bits per heavy atom. The molecule has 15 heavy (non-hydrogen) atoms. The van der Waals surface area contributed by atoms with Crippen LogP contribution in [0.4, 0.5) is 0 Å². The van der Waals surface area contributed by atoms with E-state index < -0.39 is 0 Å². The van der Waals surface area contributed by atoms with E-state index in [1.54, 1.807) is 6.20 Å². The quantitative estimate of drug-likeness (QED) is 0.798. The molecule has 0 saturated carbocycles. The standard InChI is InChI=1S/C11H18N4/c1-2-7-15(8-3-1)10-12-9-11-5-4-6-13-14-11/h4-6,12H,1-3,7-10H2. The Labute approximate surface area is 90.7 Å². The minimum absolute atomic E-state index is 0.810. The van der Waals surface area contributed by atoms with E-state index in [1.807, 2.05) is 12.1 Å². The van der Waals surface area contributed by atoms with Gasteiger partial charge in [-0.15, -0.1) is 0 Å². The van der Waals surface area contributed by atoms with Crippen LogP contribution in [0.15, 0.2) is 18.3 Å². The highest BCUT2D eigenvalue weighted by Gasteiger charge is 2.08. The van der Waals surface area contributed by atoms with Crippen LogP contribution in [0.25, 0.3) is 0 Å². The molecule has 1 aliphatic rings. The van der Waals surface area contributed by atoms with Crippen LogP contribution in [0, 0.1) is 0 Å². The summed E-state index contributed by atoms with van der Waals surface area (Å²) in [6.45, 7) is 4.24. The third-order valence-electron chi connectivity index (χ3n) is 2.72. The van der Waals surface area contributed by atoms with Crippen molar-refractivity contribution in [1.29, 1.82) is 0 Å². The van der Waals surface area contributed by atoms with Crippen LogP contribution in [0.3, 0.4) is 0 Å². The third-order valence-corrected chi connectivity index (χ3v) is 2.72. The molecule has 0 amide bonds. The van der Waals surface area contributed by atoms with Gasteiger partial charge in [0.2, 0.25) is 0 Å². The van der Waals surface area contributed by atoms with Crippen molar-refractivity contribution in [3.05, 3.63) is 24.0 Å². The van der Waals surface area contributed by atoms with E-state index in [-0.39, 0.29) is 0 Å². The van der Waals surface area contributed by atoms with Crippen molar-refractivity contribution in [3.63, 3.8) is 0 Å². The van der Waals surface area contributed by atoms with Crippen molar-refractivity contribution < 1.29 is 0 Å². The van der Waals surface area contributed by atoms with Gasteiger partial charge in [0.1, 0.15) is 0 Å². The Hall–Kier alpha value is -1.00. The third kappa shape index (κ3) is 3.57. The molecule has 1 fully saturated rings. The van der Waals surface area contributed by atoms with Crippen LogP contribution in [0.5, 0.6) is 0 Å². The molecule has 0 spiro atoms. The molecule has 0 unspecified atom stereocenters. The molecule has 4 heteroatoms. The predicted molar refractivity (Wildman–Crippen MR) is 59.2 cm³/mol. The highest BCUT2D eigenvalue weighted by atomic mass is 15.2. The average molecular weight is 206 g/mol. The number of nitrogens with zero attached hydrogens (tertiary/aromatic N) is 3. The molecule has 1 aromatic heterocycles. The molecule has 0 bridgehead atoms. The summed E-state index contributed by atoms with van der Waals surface area (Å²) in [5.41, 5.74) is 1.01. The van der Waals surface area contributed by atoms with Gasteiger partial charge in [-0.1, -0.05) is 6.42 Å². The topological polar surface area (TPSA) is 41.1 Å². The summed E-state index contributed by atoms with van der Waals surface area (Å²) in [6.07, 6.45) is 5.77. The van der Waals surface area contributed by atoms with Gasteiger partial charge in [-0.2, -0.15) is 10.2 Å². The number of likely N-dealkylation sites (tertiary alicyclic amines) is 1. The first-order chi connectivity index (χ1) is 7.45. The van der Waals surface area contributed by atoms with Crippen LogP contribution >= 0.6 is 0 Å². The van der Waals surface area contributed by atoms with E-state index in [0.29, 0.717) is 0 Å². The number of hydrogen-bond donors (Lipinski definition) is 1. The summed E-state index contributed by atoms with van der Waals surface area (Å²) in [5.74, 6) is 0. The monoisotopic (exact) mass is 206 g/mol. The van der Waals surface area contributed by atoms with Gasteiger partial charge in [-0.05, 0) is 38.1 Å². The minimum atomic E-state index is 0.810. The Balaban J connectivity index is 1.66. The first kappa shape index (κ1) is 10.5. The highest BCUT2D eigenvalue weighted by Crippen LogP contribution is 2.06. The Bertz CT molecular complexity index is 269. The fourth-order valence-electron chi connectivity index (χ4n) is 1.89. The Morgan fingerprint density at radius 3 is 2.87 bits per heavy atom. The highest BCUT2D eigenvalue weighted by molar-refractivity contribution is 4.98. The smallest absolute Gasteiger partial charge is 0.0769 e. The van der Waals surface area contributed by atoms with Crippen LogP contribution < -0.4 is 5.32 Å². The number of hydrogen-bond acceptors (Lipinski definition) is 4. The zero-order valence-corrected chi connectivity index (χ0v) is 9.02. The largest absolute Gasteiger partial charge is 0.299 e.